The Balaban J connectivity index is 3.06. The summed E-state index contributed by atoms with van der Waals surface area (Å²) in [5, 5.41) is 0. The zero-order chi connectivity index (χ0) is 9.35. The molecule has 0 radical (unpaired) electrons. The van der Waals surface area contributed by atoms with Crippen molar-refractivity contribution in [2.45, 2.75) is 46.6 Å². The molecule has 0 aromatic rings. The van der Waals surface area contributed by atoms with E-state index in [9.17, 15) is 0 Å². The van der Waals surface area contributed by atoms with Gasteiger partial charge in [0, 0.05) is 17.7 Å². The minimum Gasteiger partial charge on any atom is -0.283 e. The molecule has 1 heterocycles. The first-order valence-corrected chi connectivity index (χ1v) is 4.40. The third kappa shape index (κ3) is 2.09. The van der Waals surface area contributed by atoms with E-state index in [0.29, 0.717) is 0 Å². The summed E-state index contributed by atoms with van der Waals surface area (Å²) in [6.07, 6.45) is 1.03. The lowest BCUT2D eigenvalue weighted by atomic mass is 9.99. The Bertz CT molecular complexity index is 282. The first-order chi connectivity index (χ1) is 5.41. The van der Waals surface area contributed by atoms with Crippen LogP contribution in [0, 0.1) is 0 Å². The molecule has 0 saturated carbocycles. The molecule has 1 rings (SSSR count). The van der Waals surface area contributed by atoms with E-state index in [4.69, 9.17) is 0 Å². The second kappa shape index (κ2) is 2.91. The van der Waals surface area contributed by atoms with Crippen molar-refractivity contribution < 1.29 is 0 Å². The molecule has 0 aliphatic carbocycles. The Hall–Kier alpha value is -0.810. The van der Waals surface area contributed by atoms with Crippen LogP contribution in [-0.2, 0) is 0 Å². The molecular weight excluding hydrogens is 146 g/mol. The van der Waals surface area contributed by atoms with E-state index in [-0.39, 0.29) is 5.54 Å². The fourth-order valence-electron chi connectivity index (χ4n) is 1.56. The Morgan fingerprint density at radius 1 is 1.42 bits per heavy atom. The molecule has 0 aromatic heterocycles. The van der Waals surface area contributed by atoms with Crippen LogP contribution in [0.3, 0.4) is 0 Å². The van der Waals surface area contributed by atoms with Gasteiger partial charge in [-0.3, -0.25) is 4.99 Å². The van der Waals surface area contributed by atoms with Crippen LogP contribution >= 0.6 is 0 Å². The zero-order valence-corrected chi connectivity index (χ0v) is 8.65. The van der Waals surface area contributed by atoms with Crippen LogP contribution in [0.25, 0.3) is 0 Å². The summed E-state index contributed by atoms with van der Waals surface area (Å²) in [4.78, 5) is 4.56. The van der Waals surface area contributed by atoms with Crippen LogP contribution in [0.5, 0.6) is 0 Å². The van der Waals surface area contributed by atoms with Gasteiger partial charge in [0.2, 0.25) is 0 Å². The summed E-state index contributed by atoms with van der Waals surface area (Å²) in [6, 6.07) is 0. The summed E-state index contributed by atoms with van der Waals surface area (Å²) in [6.45, 7) is 10.5. The third-order valence-corrected chi connectivity index (χ3v) is 1.92. The zero-order valence-electron chi connectivity index (χ0n) is 8.65. The van der Waals surface area contributed by atoms with Crippen LogP contribution in [0.2, 0.25) is 0 Å². The number of hydrogen-bond donors (Lipinski definition) is 0. The standard InChI is InChI=1S/C11H17N/c1-8(2)6-10-7-11(4,5)12-9(10)3/h7H2,1-5H3. The number of aliphatic imine (C=N–C) groups is 1. The quantitative estimate of drug-likeness (QED) is 0.486. The lowest BCUT2D eigenvalue weighted by Crippen LogP contribution is -2.10. The van der Waals surface area contributed by atoms with Crippen LogP contribution in [0.15, 0.2) is 21.9 Å². The van der Waals surface area contributed by atoms with Crippen LogP contribution in [-0.4, -0.2) is 11.3 Å². The fraction of sp³-hybridized carbons (Fsp3) is 0.636. The van der Waals surface area contributed by atoms with Crippen molar-refractivity contribution in [3.8, 4) is 0 Å². The van der Waals surface area contributed by atoms with Crippen molar-refractivity contribution >= 4 is 5.71 Å². The molecule has 1 nitrogen and oxygen atoms in total. The molecule has 0 amide bonds. The maximum Gasteiger partial charge on any atom is 0.0602 e. The summed E-state index contributed by atoms with van der Waals surface area (Å²) >= 11 is 0. The van der Waals surface area contributed by atoms with Crippen LogP contribution in [0.1, 0.15) is 41.0 Å². The van der Waals surface area contributed by atoms with E-state index in [0.717, 1.165) is 12.1 Å². The van der Waals surface area contributed by atoms with Crippen molar-refractivity contribution in [3.05, 3.63) is 16.9 Å². The van der Waals surface area contributed by atoms with Gasteiger partial charge < -0.3 is 0 Å². The van der Waals surface area contributed by atoms with Crippen molar-refractivity contribution in [1.82, 2.24) is 0 Å². The molecule has 0 spiro atoms. The number of hydrogen-bond acceptors (Lipinski definition) is 1. The molecule has 1 heteroatoms. The SMILES string of the molecule is CC(C)=C=C1CC(C)(C)N=C1C. The van der Waals surface area contributed by atoms with Gasteiger partial charge in [0.25, 0.3) is 0 Å². The van der Waals surface area contributed by atoms with Gasteiger partial charge in [-0.05, 0) is 40.2 Å². The molecule has 0 unspecified atom stereocenters. The minimum atomic E-state index is 0.0991. The minimum absolute atomic E-state index is 0.0991. The van der Waals surface area contributed by atoms with E-state index in [1.807, 2.05) is 0 Å². The van der Waals surface area contributed by atoms with E-state index in [1.54, 1.807) is 0 Å². The van der Waals surface area contributed by atoms with Gasteiger partial charge in [0.15, 0.2) is 0 Å². The highest BCUT2D eigenvalue weighted by Crippen LogP contribution is 2.28. The predicted molar refractivity (Wildman–Crippen MR) is 53.7 cm³/mol. The van der Waals surface area contributed by atoms with E-state index in [2.05, 4.69) is 45.3 Å². The van der Waals surface area contributed by atoms with E-state index >= 15 is 0 Å². The van der Waals surface area contributed by atoms with Gasteiger partial charge in [-0.25, -0.2) is 0 Å². The molecular formula is C11H17N. The van der Waals surface area contributed by atoms with Crippen LogP contribution < -0.4 is 0 Å². The van der Waals surface area contributed by atoms with E-state index < -0.39 is 0 Å². The summed E-state index contributed by atoms with van der Waals surface area (Å²) < 4.78 is 0. The third-order valence-electron chi connectivity index (χ3n) is 1.92. The van der Waals surface area contributed by atoms with Gasteiger partial charge in [-0.15, -0.1) is 5.73 Å². The molecule has 12 heavy (non-hydrogen) atoms. The maximum absolute atomic E-state index is 4.56. The van der Waals surface area contributed by atoms with Crippen LogP contribution in [0.4, 0.5) is 0 Å². The summed E-state index contributed by atoms with van der Waals surface area (Å²) in [7, 11) is 0. The molecule has 0 bridgehead atoms. The fourth-order valence-corrected chi connectivity index (χ4v) is 1.56. The average Bonchev–Trinajstić information content (AvgIpc) is 2.03. The summed E-state index contributed by atoms with van der Waals surface area (Å²) in [5.41, 5.74) is 7.11. The highest BCUT2D eigenvalue weighted by molar-refractivity contribution is 6.00. The molecule has 0 atom stereocenters. The average molecular weight is 163 g/mol. The molecule has 1 aliphatic rings. The molecule has 0 N–H and O–H groups in total. The van der Waals surface area contributed by atoms with Crippen molar-refractivity contribution in [2.75, 3.05) is 0 Å². The number of rotatable bonds is 0. The van der Waals surface area contributed by atoms with Gasteiger partial charge in [0.05, 0.1) is 5.54 Å². The normalized spacial score (nSPS) is 20.4. The van der Waals surface area contributed by atoms with Crippen molar-refractivity contribution in [2.24, 2.45) is 4.99 Å². The Kier molecular flexibility index (Phi) is 2.25. The highest BCUT2D eigenvalue weighted by atomic mass is 14.9. The monoisotopic (exact) mass is 163 g/mol. The first-order valence-electron chi connectivity index (χ1n) is 4.40. The Morgan fingerprint density at radius 3 is 2.33 bits per heavy atom. The molecule has 0 saturated heterocycles. The second-order valence-electron chi connectivity index (χ2n) is 4.29. The van der Waals surface area contributed by atoms with E-state index in [1.165, 1.54) is 11.1 Å². The Morgan fingerprint density at radius 2 is 2.00 bits per heavy atom. The largest absolute Gasteiger partial charge is 0.283 e. The van der Waals surface area contributed by atoms with Crippen molar-refractivity contribution in [3.63, 3.8) is 0 Å². The predicted octanol–water partition coefficient (Wildman–Crippen LogP) is 3.12. The first kappa shape index (κ1) is 9.28. The molecule has 0 aromatic carbocycles. The topological polar surface area (TPSA) is 12.4 Å². The smallest absolute Gasteiger partial charge is 0.0602 e. The number of nitrogens with zero attached hydrogens (tertiary/aromatic N) is 1. The summed E-state index contributed by atoms with van der Waals surface area (Å²) in [5.74, 6) is 0. The second-order valence-corrected chi connectivity index (χ2v) is 4.29. The lowest BCUT2D eigenvalue weighted by molar-refractivity contribution is 0.547. The van der Waals surface area contributed by atoms with Gasteiger partial charge >= 0.3 is 0 Å². The molecule has 66 valence electrons. The van der Waals surface area contributed by atoms with Gasteiger partial charge in [-0.2, -0.15) is 0 Å². The lowest BCUT2D eigenvalue weighted by Gasteiger charge is -2.10. The highest BCUT2D eigenvalue weighted by Gasteiger charge is 2.26. The Labute approximate surface area is 74.9 Å². The van der Waals surface area contributed by atoms with Gasteiger partial charge in [0.1, 0.15) is 0 Å². The molecule has 1 aliphatic heterocycles. The molecule has 0 fully saturated rings. The maximum atomic E-state index is 4.56. The van der Waals surface area contributed by atoms with Gasteiger partial charge in [-0.1, -0.05) is 0 Å². The van der Waals surface area contributed by atoms with Crippen molar-refractivity contribution in [1.29, 1.82) is 0 Å².